The maximum atomic E-state index is 13.5. The van der Waals surface area contributed by atoms with E-state index in [-0.39, 0.29) is 17.2 Å². The van der Waals surface area contributed by atoms with Crippen molar-refractivity contribution in [2.75, 3.05) is 4.72 Å². The van der Waals surface area contributed by atoms with E-state index >= 15 is 0 Å². The smallest absolute Gasteiger partial charge is 0.263 e. The van der Waals surface area contributed by atoms with Crippen LogP contribution in [0.4, 0.5) is 14.5 Å². The Morgan fingerprint density at radius 2 is 2.00 bits per heavy atom. The van der Waals surface area contributed by atoms with Gasteiger partial charge in [-0.1, -0.05) is 0 Å². The van der Waals surface area contributed by atoms with E-state index in [1.807, 2.05) is 0 Å². The third kappa shape index (κ3) is 2.97. The van der Waals surface area contributed by atoms with E-state index in [9.17, 15) is 17.2 Å². The average Bonchev–Trinajstić information content (AvgIpc) is 2.75. The van der Waals surface area contributed by atoms with Gasteiger partial charge in [0.2, 0.25) is 0 Å². The first-order valence-corrected chi connectivity index (χ1v) is 7.81. The highest BCUT2D eigenvalue weighted by Crippen LogP contribution is 2.28. The maximum Gasteiger partial charge on any atom is 0.263 e. The van der Waals surface area contributed by atoms with Gasteiger partial charge in [0.25, 0.3) is 10.0 Å². The number of aliphatic hydroxyl groups is 1. The van der Waals surface area contributed by atoms with Crippen LogP contribution in [0.5, 0.6) is 0 Å². The maximum absolute atomic E-state index is 13.5. The summed E-state index contributed by atoms with van der Waals surface area (Å²) >= 11 is 1.14. The van der Waals surface area contributed by atoms with Gasteiger partial charge in [0.15, 0.2) is 0 Å². The van der Waals surface area contributed by atoms with Crippen molar-refractivity contribution in [3.8, 4) is 0 Å². The van der Waals surface area contributed by atoms with Crippen LogP contribution in [0.1, 0.15) is 9.75 Å². The van der Waals surface area contributed by atoms with Gasteiger partial charge in [-0.3, -0.25) is 4.72 Å². The zero-order chi connectivity index (χ0) is 14.9. The molecule has 0 amide bonds. The summed E-state index contributed by atoms with van der Waals surface area (Å²) in [6, 6.07) is 3.89. The second-order valence-corrected chi connectivity index (χ2v) is 7.01. The van der Waals surface area contributed by atoms with Crippen molar-refractivity contribution in [1.82, 2.24) is 0 Å². The molecule has 1 aromatic heterocycles. The van der Waals surface area contributed by atoms with Crippen LogP contribution in [-0.2, 0) is 16.6 Å². The van der Waals surface area contributed by atoms with E-state index in [2.05, 4.69) is 4.72 Å². The molecule has 0 bridgehead atoms. The highest BCUT2D eigenvalue weighted by atomic mass is 32.2. The standard InChI is InChI=1S/C12H11F2NO3S2/c1-7-12(5-9(6-16)19-7)20(17,18)15-11-3-2-8(13)4-10(11)14/h2-5,15-16H,6H2,1H3. The predicted molar refractivity (Wildman–Crippen MR) is 72.1 cm³/mol. The van der Waals surface area contributed by atoms with Gasteiger partial charge in [-0.25, -0.2) is 17.2 Å². The Bertz CT molecular complexity index is 741. The lowest BCUT2D eigenvalue weighted by Crippen LogP contribution is -2.14. The molecule has 0 atom stereocenters. The van der Waals surface area contributed by atoms with Gasteiger partial charge in [-0.05, 0) is 25.1 Å². The molecule has 1 aromatic carbocycles. The molecule has 0 radical (unpaired) electrons. The Hall–Kier alpha value is -1.51. The quantitative estimate of drug-likeness (QED) is 0.910. The second kappa shape index (κ2) is 5.47. The summed E-state index contributed by atoms with van der Waals surface area (Å²) in [5.41, 5.74) is -0.331. The topological polar surface area (TPSA) is 66.4 Å². The Labute approximate surface area is 118 Å². The molecule has 0 aliphatic heterocycles. The first-order valence-electron chi connectivity index (χ1n) is 5.51. The van der Waals surface area contributed by atoms with Crippen LogP contribution in [-0.4, -0.2) is 13.5 Å². The lowest BCUT2D eigenvalue weighted by molar-refractivity contribution is 0.285. The molecule has 0 aliphatic carbocycles. The molecule has 2 N–H and O–H groups in total. The molecule has 8 heteroatoms. The van der Waals surface area contributed by atoms with E-state index in [0.29, 0.717) is 15.8 Å². The van der Waals surface area contributed by atoms with Crippen molar-refractivity contribution in [2.24, 2.45) is 0 Å². The van der Waals surface area contributed by atoms with Crippen molar-refractivity contribution < 1.29 is 22.3 Å². The van der Waals surface area contributed by atoms with Gasteiger partial charge in [0, 0.05) is 15.8 Å². The Morgan fingerprint density at radius 1 is 1.30 bits per heavy atom. The number of aryl methyl sites for hydroxylation is 1. The van der Waals surface area contributed by atoms with Gasteiger partial charge < -0.3 is 5.11 Å². The zero-order valence-corrected chi connectivity index (χ0v) is 12.0. The number of sulfonamides is 1. The average molecular weight is 319 g/mol. The molecule has 0 aliphatic rings. The van der Waals surface area contributed by atoms with E-state index in [0.717, 1.165) is 23.5 Å². The highest BCUT2D eigenvalue weighted by Gasteiger charge is 2.21. The molecular weight excluding hydrogens is 308 g/mol. The minimum atomic E-state index is -3.98. The molecule has 108 valence electrons. The van der Waals surface area contributed by atoms with Crippen molar-refractivity contribution in [1.29, 1.82) is 0 Å². The van der Waals surface area contributed by atoms with Gasteiger partial charge in [0.1, 0.15) is 16.5 Å². The number of halogens is 2. The van der Waals surface area contributed by atoms with E-state index < -0.39 is 21.7 Å². The lowest BCUT2D eigenvalue weighted by atomic mass is 10.3. The summed E-state index contributed by atoms with van der Waals surface area (Å²) in [6.45, 7) is 1.31. The van der Waals surface area contributed by atoms with Gasteiger partial charge in [0.05, 0.1) is 12.3 Å². The summed E-state index contributed by atoms with van der Waals surface area (Å²) in [7, 11) is -3.98. The summed E-state index contributed by atoms with van der Waals surface area (Å²) in [6.07, 6.45) is 0. The van der Waals surface area contributed by atoms with Gasteiger partial charge in [-0.15, -0.1) is 11.3 Å². The van der Waals surface area contributed by atoms with Gasteiger partial charge in [-0.2, -0.15) is 0 Å². The third-order valence-electron chi connectivity index (χ3n) is 2.54. The van der Waals surface area contributed by atoms with E-state index in [4.69, 9.17) is 5.11 Å². The molecule has 4 nitrogen and oxygen atoms in total. The van der Waals surface area contributed by atoms with E-state index in [1.165, 1.54) is 6.07 Å². The fraction of sp³-hybridized carbons (Fsp3) is 0.167. The largest absolute Gasteiger partial charge is 0.391 e. The van der Waals surface area contributed by atoms with Crippen LogP contribution in [0.3, 0.4) is 0 Å². The summed E-state index contributed by atoms with van der Waals surface area (Å²) in [5.74, 6) is -1.79. The van der Waals surface area contributed by atoms with Crippen LogP contribution < -0.4 is 4.72 Å². The SMILES string of the molecule is Cc1sc(CO)cc1S(=O)(=O)Nc1ccc(F)cc1F. The minimum Gasteiger partial charge on any atom is -0.391 e. The summed E-state index contributed by atoms with van der Waals surface area (Å²) < 4.78 is 52.6. The van der Waals surface area contributed by atoms with Crippen LogP contribution in [0.15, 0.2) is 29.2 Å². The van der Waals surface area contributed by atoms with Crippen molar-refractivity contribution >= 4 is 27.0 Å². The Kier molecular flexibility index (Phi) is 4.07. The number of thiophene rings is 1. The number of aliphatic hydroxyl groups excluding tert-OH is 1. The van der Waals surface area contributed by atoms with Crippen LogP contribution in [0, 0.1) is 18.6 Å². The first kappa shape index (κ1) is 14.9. The molecule has 0 saturated carbocycles. The van der Waals surface area contributed by atoms with Crippen molar-refractivity contribution in [3.63, 3.8) is 0 Å². The minimum absolute atomic E-state index is 0.0322. The Morgan fingerprint density at radius 3 is 2.55 bits per heavy atom. The Balaban J connectivity index is 2.38. The summed E-state index contributed by atoms with van der Waals surface area (Å²) in [4.78, 5) is 0.932. The van der Waals surface area contributed by atoms with Crippen LogP contribution in [0.2, 0.25) is 0 Å². The molecule has 0 fully saturated rings. The molecule has 20 heavy (non-hydrogen) atoms. The monoisotopic (exact) mass is 319 g/mol. The second-order valence-electron chi connectivity index (χ2n) is 4.02. The molecule has 0 unspecified atom stereocenters. The lowest BCUT2D eigenvalue weighted by Gasteiger charge is -2.08. The molecule has 1 heterocycles. The molecule has 2 rings (SSSR count). The van der Waals surface area contributed by atoms with Crippen molar-refractivity contribution in [3.05, 3.63) is 45.7 Å². The third-order valence-corrected chi connectivity index (χ3v) is 5.20. The number of nitrogens with one attached hydrogen (secondary N) is 1. The van der Waals surface area contributed by atoms with E-state index in [1.54, 1.807) is 6.92 Å². The fourth-order valence-electron chi connectivity index (χ4n) is 1.64. The molecule has 0 saturated heterocycles. The molecule has 2 aromatic rings. The number of hydrogen-bond acceptors (Lipinski definition) is 4. The molecular formula is C12H11F2NO3S2. The summed E-state index contributed by atoms with van der Waals surface area (Å²) in [5, 5.41) is 9.00. The first-order chi connectivity index (χ1) is 9.33. The number of anilines is 1. The predicted octanol–water partition coefficient (Wildman–Crippen LogP) is 2.63. The number of benzene rings is 1. The molecule has 0 spiro atoms. The normalized spacial score (nSPS) is 11.6. The van der Waals surface area contributed by atoms with Crippen LogP contribution in [0.25, 0.3) is 0 Å². The van der Waals surface area contributed by atoms with Crippen molar-refractivity contribution in [2.45, 2.75) is 18.4 Å². The highest BCUT2D eigenvalue weighted by molar-refractivity contribution is 7.93. The van der Waals surface area contributed by atoms with Crippen LogP contribution >= 0.6 is 11.3 Å². The zero-order valence-electron chi connectivity index (χ0n) is 10.4. The fourth-order valence-corrected chi connectivity index (χ4v) is 4.20. The number of rotatable bonds is 4. The van der Waals surface area contributed by atoms with Gasteiger partial charge >= 0.3 is 0 Å². The number of hydrogen-bond donors (Lipinski definition) is 2.